The predicted molar refractivity (Wildman–Crippen MR) is 128 cm³/mol. The highest BCUT2D eigenvalue weighted by Gasteiger charge is 2.49. The van der Waals surface area contributed by atoms with Gasteiger partial charge in [0.15, 0.2) is 11.5 Å². The van der Waals surface area contributed by atoms with Crippen LogP contribution in [0.25, 0.3) is 0 Å². The van der Waals surface area contributed by atoms with Crippen LogP contribution in [0.1, 0.15) is 83.1 Å². The van der Waals surface area contributed by atoms with E-state index in [1.807, 2.05) is 25.1 Å². The Morgan fingerprint density at radius 1 is 1.06 bits per heavy atom. The molecule has 4 atom stereocenters. The summed E-state index contributed by atoms with van der Waals surface area (Å²) in [5, 5.41) is 21.6. The molecule has 1 aliphatic heterocycles. The van der Waals surface area contributed by atoms with Crippen LogP contribution in [0.4, 0.5) is 0 Å². The van der Waals surface area contributed by atoms with Crippen molar-refractivity contribution in [1.29, 1.82) is 0 Å². The van der Waals surface area contributed by atoms with Crippen molar-refractivity contribution in [2.24, 2.45) is 11.3 Å². The number of likely N-dealkylation sites (tertiary alicyclic amines) is 1. The molecule has 2 aliphatic carbocycles. The summed E-state index contributed by atoms with van der Waals surface area (Å²) >= 11 is 0. The van der Waals surface area contributed by atoms with Gasteiger partial charge in [0.05, 0.1) is 19.3 Å². The van der Waals surface area contributed by atoms with Gasteiger partial charge in [0, 0.05) is 24.4 Å². The number of nitrogens with zero attached hydrogens (tertiary/aromatic N) is 1. The summed E-state index contributed by atoms with van der Waals surface area (Å²) in [7, 11) is 1.65. The van der Waals surface area contributed by atoms with Crippen molar-refractivity contribution < 1.29 is 24.5 Å². The topological polar surface area (TPSA) is 79.2 Å². The first-order valence-electron chi connectivity index (χ1n) is 12.8. The summed E-state index contributed by atoms with van der Waals surface area (Å²) in [6.07, 6.45) is 8.34. The first kappa shape index (κ1) is 24.3. The first-order valence-corrected chi connectivity index (χ1v) is 12.8. The van der Waals surface area contributed by atoms with E-state index in [4.69, 9.17) is 9.47 Å². The molecule has 6 nitrogen and oxygen atoms in total. The summed E-state index contributed by atoms with van der Waals surface area (Å²) in [5.41, 5.74) is 0.524. The van der Waals surface area contributed by atoms with E-state index in [-0.39, 0.29) is 23.8 Å². The molecule has 4 rings (SSSR count). The lowest BCUT2D eigenvalue weighted by molar-refractivity contribution is -0.143. The Hall–Kier alpha value is -1.79. The average molecular weight is 460 g/mol. The van der Waals surface area contributed by atoms with Crippen LogP contribution >= 0.6 is 0 Å². The Kier molecular flexibility index (Phi) is 7.54. The van der Waals surface area contributed by atoms with E-state index in [0.717, 1.165) is 49.8 Å². The van der Waals surface area contributed by atoms with Crippen LogP contribution in [0.2, 0.25) is 0 Å². The Morgan fingerprint density at radius 2 is 1.73 bits per heavy atom. The second-order valence-electron chi connectivity index (χ2n) is 10.7. The van der Waals surface area contributed by atoms with Gasteiger partial charge < -0.3 is 24.6 Å². The molecule has 2 N–H and O–H groups in total. The molecule has 3 aliphatic rings. The summed E-state index contributed by atoms with van der Waals surface area (Å²) < 4.78 is 11.9. The molecular weight excluding hydrogens is 418 g/mol. The molecule has 0 radical (unpaired) electrons. The molecule has 1 aromatic rings. The Bertz CT molecular complexity index is 815. The van der Waals surface area contributed by atoms with Gasteiger partial charge in [-0.2, -0.15) is 0 Å². The maximum Gasteiger partial charge on any atom is 0.251 e. The van der Waals surface area contributed by atoms with Gasteiger partial charge in [0.1, 0.15) is 6.10 Å². The third-order valence-corrected chi connectivity index (χ3v) is 8.53. The Morgan fingerprint density at radius 3 is 2.36 bits per heavy atom. The number of carbonyl (C=O) groups is 1. The first-order chi connectivity index (χ1) is 15.8. The highest BCUT2D eigenvalue weighted by atomic mass is 16.5. The minimum absolute atomic E-state index is 0.0514. The molecule has 0 spiro atoms. The Balaban J connectivity index is 1.57. The van der Waals surface area contributed by atoms with Crippen molar-refractivity contribution in [2.75, 3.05) is 20.2 Å². The molecular formula is C27H41NO5. The molecule has 1 unspecified atom stereocenters. The summed E-state index contributed by atoms with van der Waals surface area (Å²) in [5.74, 6) is 1.25. The number of hydrogen-bond acceptors (Lipinski definition) is 5. The maximum atomic E-state index is 13.3. The number of methoxy groups -OCH3 is 1. The fourth-order valence-corrected chi connectivity index (χ4v) is 6.12. The minimum atomic E-state index is -0.945. The number of amides is 1. The summed E-state index contributed by atoms with van der Waals surface area (Å²) in [4.78, 5) is 15.1. The number of rotatable bonds is 7. The SMILES string of the molecule is COc1ccc([C@@H]2CN(C(=O)[C@H](O)C3CCCCC3)C[C@@]2(C)C(C)O)cc1OC1CCCC1. The maximum absolute atomic E-state index is 13.3. The zero-order chi connectivity index (χ0) is 23.6. The van der Waals surface area contributed by atoms with Gasteiger partial charge in [0.2, 0.25) is 0 Å². The number of carbonyl (C=O) groups excluding carboxylic acids is 1. The zero-order valence-electron chi connectivity index (χ0n) is 20.5. The van der Waals surface area contributed by atoms with Crippen LogP contribution in [-0.2, 0) is 4.79 Å². The van der Waals surface area contributed by atoms with E-state index in [2.05, 4.69) is 0 Å². The third kappa shape index (κ3) is 5.02. The molecule has 1 saturated heterocycles. The molecule has 184 valence electrons. The number of hydrogen-bond donors (Lipinski definition) is 2. The van der Waals surface area contributed by atoms with Gasteiger partial charge in [-0.05, 0) is 69.1 Å². The van der Waals surface area contributed by atoms with Crippen LogP contribution in [0.3, 0.4) is 0 Å². The van der Waals surface area contributed by atoms with Crippen molar-refractivity contribution in [1.82, 2.24) is 4.90 Å². The van der Waals surface area contributed by atoms with Crippen molar-refractivity contribution in [3.8, 4) is 11.5 Å². The van der Waals surface area contributed by atoms with Crippen molar-refractivity contribution in [3.63, 3.8) is 0 Å². The number of ether oxygens (including phenoxy) is 2. The summed E-state index contributed by atoms with van der Waals surface area (Å²) in [6.45, 7) is 4.77. The van der Waals surface area contributed by atoms with E-state index in [1.165, 1.54) is 19.3 Å². The predicted octanol–water partition coefficient (Wildman–Crippen LogP) is 4.27. The number of benzene rings is 1. The number of aliphatic hydroxyl groups excluding tert-OH is 2. The van der Waals surface area contributed by atoms with E-state index in [0.29, 0.717) is 18.8 Å². The van der Waals surface area contributed by atoms with E-state index >= 15 is 0 Å². The minimum Gasteiger partial charge on any atom is -0.493 e. The second-order valence-corrected chi connectivity index (χ2v) is 10.7. The van der Waals surface area contributed by atoms with Crippen LogP contribution in [0.5, 0.6) is 11.5 Å². The fourth-order valence-electron chi connectivity index (χ4n) is 6.12. The lowest BCUT2D eigenvalue weighted by atomic mass is 9.72. The van der Waals surface area contributed by atoms with Crippen molar-refractivity contribution >= 4 is 5.91 Å². The largest absolute Gasteiger partial charge is 0.493 e. The standard InChI is InChI=1S/C27H41NO5/c1-18(29)27(2)17-28(26(31)25(30)19-9-5-4-6-10-19)16-22(27)20-13-14-23(32-3)24(15-20)33-21-11-7-8-12-21/h13-15,18-19,21-22,25,29-30H,4-12,16-17H2,1-3H3/t18?,22-,25+,27-/m0/s1. The molecule has 2 saturated carbocycles. The van der Waals surface area contributed by atoms with E-state index in [9.17, 15) is 15.0 Å². The van der Waals surface area contributed by atoms with Crippen LogP contribution in [0, 0.1) is 11.3 Å². The molecule has 3 fully saturated rings. The second kappa shape index (κ2) is 10.2. The number of aliphatic hydroxyl groups is 2. The van der Waals surface area contributed by atoms with Gasteiger partial charge in [-0.25, -0.2) is 0 Å². The lowest BCUT2D eigenvalue weighted by Crippen LogP contribution is -2.44. The summed E-state index contributed by atoms with van der Waals surface area (Å²) in [6, 6.07) is 5.99. The molecule has 6 heteroatoms. The monoisotopic (exact) mass is 459 g/mol. The fraction of sp³-hybridized carbons (Fsp3) is 0.741. The molecule has 1 aromatic carbocycles. The van der Waals surface area contributed by atoms with Crippen molar-refractivity contribution in [3.05, 3.63) is 23.8 Å². The van der Waals surface area contributed by atoms with Gasteiger partial charge in [0.25, 0.3) is 5.91 Å². The van der Waals surface area contributed by atoms with E-state index < -0.39 is 17.6 Å². The van der Waals surface area contributed by atoms with Gasteiger partial charge in [-0.3, -0.25) is 4.79 Å². The average Bonchev–Trinajstić information content (AvgIpc) is 3.47. The highest BCUT2D eigenvalue weighted by Crippen LogP contribution is 2.47. The molecule has 33 heavy (non-hydrogen) atoms. The zero-order valence-corrected chi connectivity index (χ0v) is 20.5. The molecule has 0 bridgehead atoms. The lowest BCUT2D eigenvalue weighted by Gasteiger charge is -2.34. The van der Waals surface area contributed by atoms with Crippen LogP contribution in [-0.4, -0.2) is 59.5 Å². The normalized spacial score (nSPS) is 28.6. The van der Waals surface area contributed by atoms with Crippen LogP contribution in [0.15, 0.2) is 18.2 Å². The smallest absolute Gasteiger partial charge is 0.251 e. The molecule has 0 aromatic heterocycles. The molecule has 1 heterocycles. The highest BCUT2D eigenvalue weighted by molar-refractivity contribution is 5.81. The van der Waals surface area contributed by atoms with Gasteiger partial charge >= 0.3 is 0 Å². The van der Waals surface area contributed by atoms with Gasteiger partial charge in [-0.15, -0.1) is 0 Å². The van der Waals surface area contributed by atoms with Gasteiger partial charge in [-0.1, -0.05) is 32.3 Å². The quantitative estimate of drug-likeness (QED) is 0.637. The Labute approximate surface area is 198 Å². The van der Waals surface area contributed by atoms with Crippen LogP contribution < -0.4 is 9.47 Å². The third-order valence-electron chi connectivity index (χ3n) is 8.53. The molecule has 1 amide bonds. The van der Waals surface area contributed by atoms with Crippen molar-refractivity contribution in [2.45, 2.75) is 95.9 Å². The van der Waals surface area contributed by atoms with E-state index in [1.54, 1.807) is 18.9 Å².